The third-order valence-corrected chi connectivity index (χ3v) is 5.46. The van der Waals surface area contributed by atoms with Gasteiger partial charge in [-0.25, -0.2) is 0 Å². The number of amides is 2. The number of benzene rings is 1. The maximum atomic E-state index is 13.2. The minimum absolute atomic E-state index is 0.0221. The number of aromatic nitrogens is 4. The smallest absolute Gasteiger partial charge is 0.326 e. The van der Waals surface area contributed by atoms with Gasteiger partial charge in [0.15, 0.2) is 11.4 Å². The Morgan fingerprint density at radius 3 is 2.27 bits per heavy atom. The molecule has 0 radical (unpaired) electrons. The number of rotatable bonds is 7. The number of halogens is 4. The van der Waals surface area contributed by atoms with E-state index in [2.05, 4.69) is 20.8 Å². The van der Waals surface area contributed by atoms with Gasteiger partial charge in [0.1, 0.15) is 0 Å². The quantitative estimate of drug-likeness (QED) is 0.522. The van der Waals surface area contributed by atoms with Gasteiger partial charge in [0.25, 0.3) is 5.91 Å². The fourth-order valence-electron chi connectivity index (χ4n) is 3.35. The Hall–Kier alpha value is -3.34. The van der Waals surface area contributed by atoms with Crippen LogP contribution in [0.4, 0.5) is 24.5 Å². The van der Waals surface area contributed by atoms with Crippen LogP contribution in [0.5, 0.6) is 0 Å². The monoisotopic (exact) mass is 480 g/mol. The van der Waals surface area contributed by atoms with Gasteiger partial charge in [0.05, 0.1) is 17.3 Å². The Labute approximate surface area is 191 Å². The molecule has 1 saturated carbocycles. The van der Waals surface area contributed by atoms with Crippen LogP contribution in [0.25, 0.3) is 0 Å². The normalized spacial score (nSPS) is 13.7. The molecule has 0 atom stereocenters. The number of carbonyl (C=O) groups excluding carboxylic acids is 2. The van der Waals surface area contributed by atoms with Gasteiger partial charge in [-0.15, -0.1) is 0 Å². The van der Waals surface area contributed by atoms with Crippen molar-refractivity contribution < 1.29 is 22.8 Å². The first-order chi connectivity index (χ1) is 15.6. The Bertz CT molecular complexity index is 1180. The van der Waals surface area contributed by atoms with Crippen LogP contribution in [0, 0.1) is 0 Å². The van der Waals surface area contributed by atoms with Crippen molar-refractivity contribution in [3.63, 3.8) is 0 Å². The highest BCUT2D eigenvalue weighted by Gasteiger charge is 2.42. The number of aryl methyl sites for hydroxylation is 2. The van der Waals surface area contributed by atoms with Crippen molar-refractivity contribution in [1.82, 2.24) is 19.6 Å². The molecule has 8 nitrogen and oxygen atoms in total. The summed E-state index contributed by atoms with van der Waals surface area (Å²) in [4.78, 5) is 24.5. The first-order valence-electron chi connectivity index (χ1n) is 10.2. The number of alkyl halides is 3. The van der Waals surface area contributed by atoms with Crippen LogP contribution in [0.15, 0.2) is 36.5 Å². The summed E-state index contributed by atoms with van der Waals surface area (Å²) in [6.07, 6.45) is -1.58. The largest absolute Gasteiger partial charge is 0.436 e. The molecule has 2 N–H and O–H groups in total. The molecule has 12 heteroatoms. The lowest BCUT2D eigenvalue weighted by molar-refractivity contribution is -0.141. The van der Waals surface area contributed by atoms with Gasteiger partial charge in [-0.05, 0) is 43.2 Å². The highest BCUT2D eigenvalue weighted by Crippen LogP contribution is 2.46. The molecule has 1 aliphatic rings. The van der Waals surface area contributed by atoms with Gasteiger partial charge in [0.2, 0.25) is 5.91 Å². The molecule has 0 unspecified atom stereocenters. The Morgan fingerprint density at radius 2 is 1.73 bits per heavy atom. The number of nitrogens with zero attached hydrogens (tertiary/aromatic N) is 4. The van der Waals surface area contributed by atoms with Gasteiger partial charge in [-0.2, -0.15) is 23.4 Å². The van der Waals surface area contributed by atoms with Gasteiger partial charge in [0, 0.05) is 37.0 Å². The van der Waals surface area contributed by atoms with Gasteiger partial charge in [-0.1, -0.05) is 11.6 Å². The van der Waals surface area contributed by atoms with Crippen molar-refractivity contribution in [3.05, 3.63) is 58.6 Å². The van der Waals surface area contributed by atoms with Crippen LogP contribution < -0.4 is 10.6 Å². The van der Waals surface area contributed by atoms with Crippen molar-refractivity contribution in [3.8, 4) is 0 Å². The maximum absolute atomic E-state index is 13.2. The van der Waals surface area contributed by atoms with E-state index in [1.165, 1.54) is 9.36 Å². The highest BCUT2D eigenvalue weighted by molar-refractivity contribution is 6.32. The summed E-state index contributed by atoms with van der Waals surface area (Å²) in [6.45, 7) is -0.0221. The van der Waals surface area contributed by atoms with E-state index in [4.69, 9.17) is 11.6 Å². The second-order valence-electron chi connectivity index (χ2n) is 7.75. The molecule has 3 aromatic rings. The van der Waals surface area contributed by atoms with E-state index in [0.717, 1.165) is 12.8 Å². The molecule has 0 aliphatic heterocycles. The van der Waals surface area contributed by atoms with Crippen LogP contribution >= 0.6 is 11.6 Å². The second-order valence-corrected chi connectivity index (χ2v) is 8.13. The van der Waals surface area contributed by atoms with E-state index in [1.807, 2.05) is 0 Å². The topological polar surface area (TPSA) is 93.8 Å². The van der Waals surface area contributed by atoms with E-state index in [0.29, 0.717) is 17.1 Å². The van der Waals surface area contributed by atoms with Crippen LogP contribution in [0.3, 0.4) is 0 Å². The van der Waals surface area contributed by atoms with E-state index in [9.17, 15) is 22.8 Å². The van der Waals surface area contributed by atoms with Crippen molar-refractivity contribution >= 4 is 34.8 Å². The van der Waals surface area contributed by atoms with Crippen LogP contribution in [-0.2, 0) is 24.6 Å². The molecule has 174 valence electrons. The average molecular weight is 481 g/mol. The van der Waals surface area contributed by atoms with Crippen molar-refractivity contribution in [2.75, 3.05) is 10.6 Å². The third kappa shape index (κ3) is 5.36. The van der Waals surface area contributed by atoms with Gasteiger partial charge >= 0.3 is 6.18 Å². The van der Waals surface area contributed by atoms with Crippen molar-refractivity contribution in [2.45, 2.75) is 37.9 Å². The summed E-state index contributed by atoms with van der Waals surface area (Å²) in [5.41, 5.74) is 0.490. The van der Waals surface area contributed by atoms with Crippen molar-refractivity contribution in [1.29, 1.82) is 0 Å². The Kier molecular flexibility index (Phi) is 6.15. The Balaban J connectivity index is 1.34. The predicted octanol–water partition coefficient (Wildman–Crippen LogP) is 4.45. The van der Waals surface area contributed by atoms with E-state index in [-0.39, 0.29) is 41.4 Å². The number of hydrogen-bond donors (Lipinski definition) is 2. The van der Waals surface area contributed by atoms with E-state index in [1.54, 1.807) is 43.6 Å². The summed E-state index contributed by atoms with van der Waals surface area (Å²) in [5, 5.41) is 12.6. The predicted molar refractivity (Wildman–Crippen MR) is 115 cm³/mol. The number of nitrogens with one attached hydrogen (secondary N) is 2. The fraction of sp³-hybridized carbons (Fsp3) is 0.333. The second kappa shape index (κ2) is 8.89. The highest BCUT2D eigenvalue weighted by atomic mass is 35.5. The summed E-state index contributed by atoms with van der Waals surface area (Å²) in [5.74, 6) is -0.810. The molecule has 2 heterocycles. The lowest BCUT2D eigenvalue weighted by Crippen LogP contribution is -2.17. The third-order valence-electron chi connectivity index (χ3n) is 5.09. The zero-order chi connectivity index (χ0) is 23.8. The molecule has 0 spiro atoms. The average Bonchev–Trinajstić information content (AvgIpc) is 3.38. The van der Waals surface area contributed by atoms with E-state index < -0.39 is 11.9 Å². The molecule has 0 bridgehead atoms. The lowest BCUT2D eigenvalue weighted by atomic mass is 10.2. The number of hydrogen-bond acceptors (Lipinski definition) is 4. The summed E-state index contributed by atoms with van der Waals surface area (Å²) < 4.78 is 42.2. The lowest BCUT2D eigenvalue weighted by Gasteiger charge is -2.09. The first kappa shape index (κ1) is 22.8. The zero-order valence-corrected chi connectivity index (χ0v) is 18.2. The van der Waals surface area contributed by atoms with Gasteiger partial charge < -0.3 is 10.6 Å². The zero-order valence-electron chi connectivity index (χ0n) is 17.5. The molecular formula is C21H20ClF3N6O2. The summed E-state index contributed by atoms with van der Waals surface area (Å²) >= 11 is 5.95. The van der Waals surface area contributed by atoms with E-state index >= 15 is 0 Å². The molecule has 1 aliphatic carbocycles. The first-order valence-corrected chi connectivity index (χ1v) is 10.5. The summed E-state index contributed by atoms with van der Waals surface area (Å²) in [6, 6.07) is 8.03. The molecule has 2 amide bonds. The van der Waals surface area contributed by atoms with Gasteiger partial charge in [-0.3, -0.25) is 19.0 Å². The Morgan fingerprint density at radius 1 is 1.09 bits per heavy atom. The molecule has 33 heavy (non-hydrogen) atoms. The fourth-order valence-corrected chi connectivity index (χ4v) is 3.75. The molecular weight excluding hydrogens is 461 g/mol. The van der Waals surface area contributed by atoms with Crippen LogP contribution in [-0.4, -0.2) is 31.4 Å². The molecule has 0 saturated heterocycles. The minimum Gasteiger partial charge on any atom is -0.326 e. The molecule has 2 aromatic heterocycles. The molecule has 1 fully saturated rings. The molecule has 4 rings (SSSR count). The minimum atomic E-state index is -4.65. The maximum Gasteiger partial charge on any atom is 0.436 e. The standard InChI is InChI=1S/C21H20ClF3N6O2/c1-30-10-8-15(28-30)20(33)27-14-6-4-13(5-7-14)26-16(32)9-11-31-18(12-2-3-12)17(22)19(29-31)21(23,24)25/h4-8,10,12H,2-3,9,11H2,1H3,(H,26,32)(H,27,33). The van der Waals surface area contributed by atoms with Crippen LogP contribution in [0.1, 0.15) is 47.1 Å². The number of anilines is 2. The number of carbonyl (C=O) groups is 2. The SMILES string of the molecule is Cn1ccc(C(=O)Nc2ccc(NC(=O)CCn3nc(C(F)(F)F)c(Cl)c3C3CC3)cc2)n1. The van der Waals surface area contributed by atoms with Crippen molar-refractivity contribution in [2.24, 2.45) is 7.05 Å². The summed E-state index contributed by atoms with van der Waals surface area (Å²) in [7, 11) is 1.71. The van der Waals surface area contributed by atoms with Crippen LogP contribution in [0.2, 0.25) is 5.02 Å². The molecule has 1 aromatic carbocycles.